The van der Waals surface area contributed by atoms with Crippen LogP contribution in [0.1, 0.15) is 24.2 Å². The first-order valence-electron chi connectivity index (χ1n) is 7.68. The number of rotatable bonds is 4. The minimum atomic E-state index is -1.36. The Kier molecular flexibility index (Phi) is 3.96. The van der Waals surface area contributed by atoms with Crippen molar-refractivity contribution in [1.29, 1.82) is 0 Å². The van der Waals surface area contributed by atoms with Gasteiger partial charge in [-0.1, -0.05) is 0 Å². The molecule has 25 heavy (non-hydrogen) atoms. The number of carbonyl (C=O) groups excluding carboxylic acids is 2. The molecule has 2 fully saturated rings. The summed E-state index contributed by atoms with van der Waals surface area (Å²) in [5, 5.41) is 23.8. The van der Waals surface area contributed by atoms with Gasteiger partial charge < -0.3 is 20.4 Å². The number of phenolic OH excluding ortho intramolecular Hbond substituents is 1. The monoisotopic (exact) mass is 365 g/mol. The minimum Gasteiger partial charge on any atom is -0.508 e. The van der Waals surface area contributed by atoms with Crippen LogP contribution in [0.2, 0.25) is 0 Å². The van der Waals surface area contributed by atoms with Crippen LogP contribution < -0.4 is 10.6 Å². The van der Waals surface area contributed by atoms with Gasteiger partial charge >= 0.3 is 5.97 Å². The molecule has 8 nitrogen and oxygen atoms in total. The van der Waals surface area contributed by atoms with Crippen LogP contribution in [-0.2, 0) is 9.59 Å². The molecule has 3 atom stereocenters. The van der Waals surface area contributed by atoms with Gasteiger partial charge in [0.1, 0.15) is 17.2 Å². The summed E-state index contributed by atoms with van der Waals surface area (Å²) in [4.78, 5) is 38.2. The van der Waals surface area contributed by atoms with Crippen molar-refractivity contribution >= 4 is 29.5 Å². The second-order valence-corrected chi connectivity index (χ2v) is 8.32. The second kappa shape index (κ2) is 5.63. The van der Waals surface area contributed by atoms with E-state index in [0.29, 0.717) is 0 Å². The first kappa shape index (κ1) is 17.6. The SMILES string of the molecule is CN[C@]1(NC(=O)c2ccc(O)cc2)C(=O)N2[C@@H](C(=O)O)C(C)(C)S[C@@H]21. The van der Waals surface area contributed by atoms with E-state index in [2.05, 4.69) is 10.6 Å². The summed E-state index contributed by atoms with van der Waals surface area (Å²) in [5.41, 5.74) is -1.07. The predicted octanol–water partition coefficient (Wildman–Crippen LogP) is 0.185. The van der Waals surface area contributed by atoms with Crippen LogP contribution in [0.25, 0.3) is 0 Å². The fraction of sp³-hybridized carbons (Fsp3) is 0.438. The standard InChI is InChI=1S/C16H19N3O5S/c1-15(2)10(12(22)23)19-13(24)16(17-3,14(19)25-15)18-11(21)8-4-6-9(20)7-5-8/h4-7,10,14,17,20H,1-3H3,(H,18,21)(H,22,23)/t10-,14+,16-/m0/s1. The molecule has 2 saturated heterocycles. The molecular formula is C16H19N3O5S. The number of carbonyl (C=O) groups is 3. The Hall–Kier alpha value is -2.26. The molecule has 0 aromatic heterocycles. The summed E-state index contributed by atoms with van der Waals surface area (Å²) in [7, 11) is 1.55. The van der Waals surface area contributed by atoms with Crippen LogP contribution in [0.15, 0.2) is 24.3 Å². The Balaban J connectivity index is 1.88. The van der Waals surface area contributed by atoms with E-state index in [1.54, 1.807) is 20.9 Å². The number of fused-ring (bicyclic) bond motifs is 1. The number of benzene rings is 1. The Morgan fingerprint density at radius 2 is 1.84 bits per heavy atom. The van der Waals surface area contributed by atoms with Gasteiger partial charge in [-0.15, -0.1) is 11.8 Å². The number of β-lactam (4-membered cyclic amide) rings is 1. The van der Waals surface area contributed by atoms with Gasteiger partial charge in [0.15, 0.2) is 0 Å². The Labute approximate surface area is 148 Å². The van der Waals surface area contributed by atoms with Gasteiger partial charge in [-0.2, -0.15) is 0 Å². The molecule has 1 aromatic carbocycles. The number of thioether (sulfide) groups is 1. The zero-order chi connectivity index (χ0) is 18.6. The van der Waals surface area contributed by atoms with Crippen LogP contribution in [0.4, 0.5) is 0 Å². The van der Waals surface area contributed by atoms with E-state index >= 15 is 0 Å². The van der Waals surface area contributed by atoms with Gasteiger partial charge in [0.25, 0.3) is 11.8 Å². The average Bonchev–Trinajstić information content (AvgIpc) is 2.82. The maximum absolute atomic E-state index is 12.8. The van der Waals surface area contributed by atoms with Crippen LogP contribution in [0, 0.1) is 0 Å². The average molecular weight is 365 g/mol. The number of likely N-dealkylation sites (N-methyl/N-ethyl adjacent to an activating group) is 1. The van der Waals surface area contributed by atoms with Gasteiger partial charge in [-0.25, -0.2) is 4.79 Å². The lowest BCUT2D eigenvalue weighted by Crippen LogP contribution is -2.84. The first-order chi connectivity index (χ1) is 11.6. The van der Waals surface area contributed by atoms with E-state index in [1.165, 1.54) is 40.9 Å². The largest absolute Gasteiger partial charge is 0.508 e. The van der Waals surface area contributed by atoms with Crippen molar-refractivity contribution in [1.82, 2.24) is 15.5 Å². The van der Waals surface area contributed by atoms with E-state index < -0.39 is 39.6 Å². The molecule has 4 N–H and O–H groups in total. The third kappa shape index (κ3) is 2.46. The van der Waals surface area contributed by atoms with Gasteiger partial charge in [0, 0.05) is 10.3 Å². The fourth-order valence-corrected chi connectivity index (χ4v) is 5.04. The zero-order valence-electron chi connectivity index (χ0n) is 13.9. The smallest absolute Gasteiger partial charge is 0.327 e. The van der Waals surface area contributed by atoms with Gasteiger partial charge in [-0.3, -0.25) is 14.9 Å². The third-order valence-corrected chi connectivity index (χ3v) is 6.25. The summed E-state index contributed by atoms with van der Waals surface area (Å²) in [6.07, 6.45) is 0. The molecule has 3 rings (SSSR count). The summed E-state index contributed by atoms with van der Waals surface area (Å²) >= 11 is 1.34. The molecule has 0 aliphatic carbocycles. The number of phenols is 1. The fourth-order valence-electron chi connectivity index (χ4n) is 3.33. The molecule has 0 radical (unpaired) electrons. The molecule has 2 aliphatic rings. The van der Waals surface area contributed by atoms with Gasteiger partial charge in [0.2, 0.25) is 5.66 Å². The molecule has 2 aliphatic heterocycles. The zero-order valence-corrected chi connectivity index (χ0v) is 14.8. The number of amides is 2. The number of hydrogen-bond donors (Lipinski definition) is 4. The minimum absolute atomic E-state index is 0.0307. The summed E-state index contributed by atoms with van der Waals surface area (Å²) in [6, 6.07) is 4.69. The van der Waals surface area contributed by atoms with E-state index in [0.717, 1.165) is 0 Å². The first-order valence-corrected chi connectivity index (χ1v) is 8.56. The van der Waals surface area contributed by atoms with Crippen molar-refractivity contribution in [3.05, 3.63) is 29.8 Å². The van der Waals surface area contributed by atoms with Gasteiger partial charge in [0.05, 0.1) is 0 Å². The van der Waals surface area contributed by atoms with Crippen molar-refractivity contribution in [3.63, 3.8) is 0 Å². The molecule has 2 amide bonds. The molecule has 134 valence electrons. The maximum Gasteiger partial charge on any atom is 0.327 e. The number of nitrogens with one attached hydrogen (secondary N) is 2. The van der Waals surface area contributed by atoms with Crippen molar-refractivity contribution < 1.29 is 24.6 Å². The Morgan fingerprint density at radius 3 is 2.36 bits per heavy atom. The molecule has 2 heterocycles. The summed E-state index contributed by atoms with van der Waals surface area (Å²) in [6.45, 7) is 3.54. The lowest BCUT2D eigenvalue weighted by atomic mass is 9.91. The highest BCUT2D eigenvalue weighted by molar-refractivity contribution is 8.01. The van der Waals surface area contributed by atoms with E-state index in [4.69, 9.17) is 0 Å². The Bertz CT molecular complexity index is 751. The van der Waals surface area contributed by atoms with Crippen molar-refractivity contribution in [2.75, 3.05) is 7.05 Å². The van der Waals surface area contributed by atoms with E-state index in [1.807, 2.05) is 0 Å². The number of carboxylic acid groups (broad SMARTS) is 1. The number of nitrogens with zero attached hydrogens (tertiary/aromatic N) is 1. The molecule has 9 heteroatoms. The number of carboxylic acids is 1. The van der Waals surface area contributed by atoms with Crippen LogP contribution in [0.3, 0.4) is 0 Å². The number of hydrogen-bond acceptors (Lipinski definition) is 6. The predicted molar refractivity (Wildman–Crippen MR) is 91.1 cm³/mol. The highest BCUT2D eigenvalue weighted by atomic mass is 32.2. The quantitative estimate of drug-likeness (QED) is 0.444. The highest BCUT2D eigenvalue weighted by Crippen LogP contribution is 2.53. The third-order valence-electron chi connectivity index (χ3n) is 4.62. The van der Waals surface area contributed by atoms with Gasteiger partial charge in [-0.05, 0) is 45.2 Å². The van der Waals surface area contributed by atoms with Crippen molar-refractivity contribution in [2.24, 2.45) is 0 Å². The highest BCUT2D eigenvalue weighted by Gasteiger charge is 2.71. The normalized spacial score (nSPS) is 29.7. The molecule has 0 unspecified atom stereocenters. The topological polar surface area (TPSA) is 119 Å². The molecule has 1 aromatic rings. The lowest BCUT2D eigenvalue weighted by molar-refractivity contribution is -0.169. The maximum atomic E-state index is 12.8. The van der Waals surface area contributed by atoms with Crippen LogP contribution in [-0.4, -0.2) is 61.8 Å². The number of aromatic hydroxyl groups is 1. The molecular weight excluding hydrogens is 346 g/mol. The van der Waals surface area contributed by atoms with E-state index in [9.17, 15) is 24.6 Å². The molecule has 0 saturated carbocycles. The molecule has 0 bridgehead atoms. The summed E-state index contributed by atoms with van der Waals surface area (Å²) < 4.78 is -0.686. The number of aliphatic carboxylic acids is 1. The van der Waals surface area contributed by atoms with E-state index in [-0.39, 0.29) is 11.3 Å². The lowest BCUT2D eigenvalue weighted by Gasteiger charge is -2.52. The summed E-state index contributed by atoms with van der Waals surface area (Å²) in [5.74, 6) is -2.00. The van der Waals surface area contributed by atoms with Crippen molar-refractivity contribution in [3.8, 4) is 5.75 Å². The second-order valence-electron chi connectivity index (χ2n) is 6.59. The Morgan fingerprint density at radius 1 is 1.24 bits per heavy atom. The van der Waals surface area contributed by atoms with Crippen LogP contribution in [0.5, 0.6) is 5.75 Å². The van der Waals surface area contributed by atoms with Crippen LogP contribution >= 0.6 is 11.8 Å². The van der Waals surface area contributed by atoms with Crippen molar-refractivity contribution in [2.45, 2.75) is 35.7 Å². The molecule has 0 spiro atoms.